The van der Waals surface area contributed by atoms with Crippen LogP contribution in [0.4, 0.5) is 4.39 Å². The Hall–Kier alpha value is -0.960. The van der Waals surface area contributed by atoms with Crippen LogP contribution in [-0.2, 0) is 0 Å². The van der Waals surface area contributed by atoms with Crippen molar-refractivity contribution in [3.05, 3.63) is 29.0 Å². The van der Waals surface area contributed by atoms with Crippen molar-refractivity contribution < 1.29 is 4.39 Å². The van der Waals surface area contributed by atoms with Gasteiger partial charge in [-0.2, -0.15) is 0 Å². The van der Waals surface area contributed by atoms with E-state index in [2.05, 4.69) is 6.92 Å². The minimum absolute atomic E-state index is 0.155. The Balaban J connectivity index is 1.60. The zero-order valence-electron chi connectivity index (χ0n) is 12.8. The number of unbranched alkanes of at least 4 members (excludes halogenated alkanes) is 2. The Kier molecular flexibility index (Phi) is 4.89. The molecule has 1 aliphatic rings. The molecular formula is C18H24FNS. The zero-order chi connectivity index (χ0) is 14.7. The molecule has 1 heterocycles. The summed E-state index contributed by atoms with van der Waals surface area (Å²) in [4.78, 5) is 4.73. The van der Waals surface area contributed by atoms with Gasteiger partial charge >= 0.3 is 0 Å². The van der Waals surface area contributed by atoms with E-state index in [1.54, 1.807) is 23.5 Å². The standard InChI is InChI=1S/C18H24FNS/c1-2-3-4-5-13-6-8-14(9-7-13)18-20-16-11-10-15(19)12-17(16)21-18/h10-14H,2-9H2,1H3/t13-,14-. The minimum atomic E-state index is -0.155. The van der Waals surface area contributed by atoms with Gasteiger partial charge in [0, 0.05) is 5.92 Å². The first kappa shape index (κ1) is 15.0. The highest BCUT2D eigenvalue weighted by molar-refractivity contribution is 7.18. The van der Waals surface area contributed by atoms with Crippen LogP contribution in [0.3, 0.4) is 0 Å². The number of thiazole rings is 1. The number of hydrogen-bond acceptors (Lipinski definition) is 2. The number of hydrogen-bond donors (Lipinski definition) is 0. The molecule has 1 aromatic heterocycles. The van der Waals surface area contributed by atoms with E-state index < -0.39 is 0 Å². The Labute approximate surface area is 130 Å². The number of aromatic nitrogens is 1. The van der Waals surface area contributed by atoms with Crippen molar-refractivity contribution in [1.82, 2.24) is 4.98 Å². The molecule has 3 heteroatoms. The maximum atomic E-state index is 13.3. The quantitative estimate of drug-likeness (QED) is 0.591. The van der Waals surface area contributed by atoms with Crippen LogP contribution in [0.5, 0.6) is 0 Å². The minimum Gasteiger partial charge on any atom is -0.241 e. The fourth-order valence-electron chi connectivity index (χ4n) is 3.47. The lowest BCUT2D eigenvalue weighted by Gasteiger charge is -2.27. The molecule has 0 radical (unpaired) electrons. The number of rotatable bonds is 5. The summed E-state index contributed by atoms with van der Waals surface area (Å²) in [6, 6.07) is 4.93. The monoisotopic (exact) mass is 305 g/mol. The first-order chi connectivity index (χ1) is 10.3. The largest absolute Gasteiger partial charge is 0.241 e. The third-order valence-corrected chi connectivity index (χ3v) is 5.96. The van der Waals surface area contributed by atoms with E-state index in [0.717, 1.165) is 16.1 Å². The van der Waals surface area contributed by atoms with Gasteiger partial charge in [0.2, 0.25) is 0 Å². The highest BCUT2D eigenvalue weighted by Crippen LogP contribution is 2.40. The Morgan fingerprint density at radius 1 is 1.19 bits per heavy atom. The van der Waals surface area contributed by atoms with Crippen LogP contribution in [0.15, 0.2) is 18.2 Å². The van der Waals surface area contributed by atoms with Crippen LogP contribution in [0.25, 0.3) is 10.2 Å². The van der Waals surface area contributed by atoms with Gasteiger partial charge < -0.3 is 0 Å². The average molecular weight is 305 g/mol. The summed E-state index contributed by atoms with van der Waals surface area (Å²) in [6.45, 7) is 2.27. The van der Waals surface area contributed by atoms with Gasteiger partial charge in [-0.15, -0.1) is 11.3 Å². The maximum absolute atomic E-state index is 13.3. The maximum Gasteiger partial charge on any atom is 0.124 e. The van der Waals surface area contributed by atoms with Crippen LogP contribution in [0.2, 0.25) is 0 Å². The van der Waals surface area contributed by atoms with Gasteiger partial charge in [0.05, 0.1) is 15.2 Å². The summed E-state index contributed by atoms with van der Waals surface area (Å²) in [6.07, 6.45) is 10.7. The molecule has 0 saturated heterocycles. The predicted molar refractivity (Wildman–Crippen MR) is 88.4 cm³/mol. The van der Waals surface area contributed by atoms with E-state index in [4.69, 9.17) is 4.98 Å². The fourth-order valence-corrected chi connectivity index (χ4v) is 4.63. The van der Waals surface area contributed by atoms with Crippen molar-refractivity contribution in [1.29, 1.82) is 0 Å². The molecule has 1 saturated carbocycles. The lowest BCUT2D eigenvalue weighted by atomic mass is 9.80. The summed E-state index contributed by atoms with van der Waals surface area (Å²) >= 11 is 1.69. The Bertz CT molecular complexity index is 584. The predicted octanol–water partition coefficient (Wildman–Crippen LogP) is 6.29. The van der Waals surface area contributed by atoms with E-state index in [-0.39, 0.29) is 5.82 Å². The molecule has 1 aromatic carbocycles. The highest BCUT2D eigenvalue weighted by Gasteiger charge is 2.24. The Morgan fingerprint density at radius 2 is 2.00 bits per heavy atom. The molecule has 0 unspecified atom stereocenters. The van der Waals surface area contributed by atoms with Gasteiger partial charge in [-0.05, 0) is 49.8 Å². The van der Waals surface area contributed by atoms with E-state index in [9.17, 15) is 4.39 Å². The molecule has 0 N–H and O–H groups in total. The van der Waals surface area contributed by atoms with Crippen LogP contribution >= 0.6 is 11.3 Å². The first-order valence-electron chi connectivity index (χ1n) is 8.32. The van der Waals surface area contributed by atoms with Crippen molar-refractivity contribution >= 4 is 21.6 Å². The SMILES string of the molecule is CCCCC[C@H]1CC[C@H](c2nc3ccc(F)cc3s2)CC1. The molecule has 3 rings (SSSR count). The van der Waals surface area contributed by atoms with Crippen molar-refractivity contribution in [2.24, 2.45) is 5.92 Å². The molecule has 1 fully saturated rings. The number of halogens is 1. The fraction of sp³-hybridized carbons (Fsp3) is 0.611. The number of fused-ring (bicyclic) bond motifs is 1. The molecule has 0 spiro atoms. The summed E-state index contributed by atoms with van der Waals surface area (Å²) in [5, 5.41) is 1.22. The lowest BCUT2D eigenvalue weighted by Crippen LogP contribution is -2.13. The van der Waals surface area contributed by atoms with E-state index in [1.165, 1.54) is 62.4 Å². The van der Waals surface area contributed by atoms with Crippen LogP contribution < -0.4 is 0 Å². The molecule has 2 aromatic rings. The summed E-state index contributed by atoms with van der Waals surface area (Å²) < 4.78 is 14.3. The van der Waals surface area contributed by atoms with Gasteiger partial charge in [0.25, 0.3) is 0 Å². The third kappa shape index (κ3) is 3.63. The molecule has 0 atom stereocenters. The topological polar surface area (TPSA) is 12.9 Å². The second kappa shape index (κ2) is 6.87. The molecule has 21 heavy (non-hydrogen) atoms. The first-order valence-corrected chi connectivity index (χ1v) is 9.14. The molecule has 0 aliphatic heterocycles. The van der Waals surface area contributed by atoms with E-state index in [0.29, 0.717) is 5.92 Å². The highest BCUT2D eigenvalue weighted by atomic mass is 32.1. The number of nitrogens with zero attached hydrogens (tertiary/aromatic N) is 1. The molecule has 114 valence electrons. The average Bonchev–Trinajstić information content (AvgIpc) is 2.91. The van der Waals surface area contributed by atoms with Gasteiger partial charge in [-0.25, -0.2) is 9.37 Å². The Morgan fingerprint density at radius 3 is 2.76 bits per heavy atom. The lowest BCUT2D eigenvalue weighted by molar-refractivity contribution is 0.302. The van der Waals surface area contributed by atoms with Crippen molar-refractivity contribution in [3.8, 4) is 0 Å². The van der Waals surface area contributed by atoms with Crippen LogP contribution in [0, 0.1) is 11.7 Å². The third-order valence-electron chi connectivity index (χ3n) is 4.78. The summed E-state index contributed by atoms with van der Waals surface area (Å²) in [5.41, 5.74) is 0.960. The molecule has 1 aliphatic carbocycles. The normalized spacial score (nSPS) is 22.8. The van der Waals surface area contributed by atoms with Gasteiger partial charge in [0.1, 0.15) is 5.82 Å². The van der Waals surface area contributed by atoms with Crippen molar-refractivity contribution in [3.63, 3.8) is 0 Å². The summed E-state index contributed by atoms with van der Waals surface area (Å²) in [7, 11) is 0. The molecule has 1 nitrogen and oxygen atoms in total. The molecule has 0 bridgehead atoms. The second-order valence-corrected chi connectivity index (χ2v) is 7.44. The number of benzene rings is 1. The zero-order valence-corrected chi connectivity index (χ0v) is 13.6. The van der Waals surface area contributed by atoms with E-state index in [1.807, 2.05) is 0 Å². The van der Waals surface area contributed by atoms with E-state index >= 15 is 0 Å². The second-order valence-electron chi connectivity index (χ2n) is 6.38. The van der Waals surface area contributed by atoms with Crippen molar-refractivity contribution in [2.45, 2.75) is 64.2 Å². The van der Waals surface area contributed by atoms with Gasteiger partial charge in [-0.1, -0.05) is 32.6 Å². The molecular weight excluding hydrogens is 281 g/mol. The molecule has 0 amide bonds. The van der Waals surface area contributed by atoms with Crippen LogP contribution in [-0.4, -0.2) is 4.98 Å². The summed E-state index contributed by atoms with van der Waals surface area (Å²) in [5.74, 6) is 1.38. The van der Waals surface area contributed by atoms with Crippen LogP contribution in [0.1, 0.15) is 69.2 Å². The smallest absolute Gasteiger partial charge is 0.124 e. The van der Waals surface area contributed by atoms with Gasteiger partial charge in [-0.3, -0.25) is 0 Å². The van der Waals surface area contributed by atoms with Crippen molar-refractivity contribution in [2.75, 3.05) is 0 Å². The van der Waals surface area contributed by atoms with Gasteiger partial charge in [0.15, 0.2) is 0 Å².